The quantitative estimate of drug-likeness (QED) is 0.416. The molecular formula is C21H18N2O4S2. The van der Waals surface area contributed by atoms with Crippen molar-refractivity contribution in [2.45, 2.75) is 26.4 Å². The number of hydrogen-bond acceptors (Lipinski definition) is 7. The fourth-order valence-electron chi connectivity index (χ4n) is 3.10. The topological polar surface area (TPSA) is 76.6 Å². The summed E-state index contributed by atoms with van der Waals surface area (Å²) in [5.74, 6) is -0.976. The zero-order valence-corrected chi connectivity index (χ0v) is 17.3. The Kier molecular flexibility index (Phi) is 5.55. The number of ether oxygens (including phenoxy) is 1. The predicted molar refractivity (Wildman–Crippen MR) is 111 cm³/mol. The van der Waals surface area contributed by atoms with Crippen LogP contribution in [0.25, 0.3) is 9.88 Å². The molecule has 0 aliphatic carbocycles. The Labute approximate surface area is 175 Å². The van der Waals surface area contributed by atoms with Crippen molar-refractivity contribution in [3.05, 3.63) is 63.5 Å². The molecule has 8 heteroatoms. The molecule has 0 fully saturated rings. The van der Waals surface area contributed by atoms with E-state index in [1.807, 2.05) is 35.9 Å². The maximum Gasteiger partial charge on any atom is 0.306 e. The molecule has 3 aromatic rings. The maximum atomic E-state index is 12.4. The average Bonchev–Trinajstić information content (AvgIpc) is 3.43. The van der Waals surface area contributed by atoms with Crippen LogP contribution in [0.15, 0.2) is 41.1 Å². The van der Waals surface area contributed by atoms with Crippen LogP contribution in [0.3, 0.4) is 0 Å². The number of esters is 1. The minimum atomic E-state index is -0.372. The van der Waals surface area contributed by atoms with Gasteiger partial charge in [-0.15, -0.1) is 22.7 Å². The molecule has 148 valence electrons. The van der Waals surface area contributed by atoms with Gasteiger partial charge in [-0.2, -0.15) is 0 Å². The van der Waals surface area contributed by atoms with Crippen molar-refractivity contribution in [3.63, 3.8) is 0 Å². The van der Waals surface area contributed by atoms with Gasteiger partial charge in [-0.05, 0) is 36.9 Å². The Hall–Kier alpha value is -2.84. The monoisotopic (exact) mass is 426 g/mol. The molecule has 1 aliphatic rings. The second-order valence-electron chi connectivity index (χ2n) is 6.70. The van der Waals surface area contributed by atoms with Crippen LogP contribution in [0.2, 0.25) is 0 Å². The van der Waals surface area contributed by atoms with Crippen LogP contribution in [0.5, 0.6) is 0 Å². The Morgan fingerprint density at radius 3 is 2.76 bits per heavy atom. The van der Waals surface area contributed by atoms with Crippen LogP contribution in [-0.2, 0) is 16.1 Å². The number of thiazole rings is 1. The van der Waals surface area contributed by atoms with E-state index < -0.39 is 0 Å². The number of benzene rings is 1. The van der Waals surface area contributed by atoms with E-state index in [1.54, 1.807) is 23.5 Å². The van der Waals surface area contributed by atoms with Crippen LogP contribution < -0.4 is 0 Å². The molecule has 2 aromatic heterocycles. The minimum absolute atomic E-state index is 0.118. The second kappa shape index (κ2) is 8.26. The number of rotatable bonds is 7. The van der Waals surface area contributed by atoms with Gasteiger partial charge < -0.3 is 4.74 Å². The SMILES string of the molecule is Cc1ccc2c(c1)C(=O)N(CCCC(=O)OCc1csc(-c3cccs3)n1)C2=O. The number of amides is 2. The Bertz CT molecular complexity index is 1070. The van der Waals surface area contributed by atoms with Crippen molar-refractivity contribution in [1.29, 1.82) is 0 Å². The summed E-state index contributed by atoms with van der Waals surface area (Å²) >= 11 is 3.13. The molecule has 0 bridgehead atoms. The molecule has 29 heavy (non-hydrogen) atoms. The molecule has 1 aliphatic heterocycles. The minimum Gasteiger partial charge on any atom is -0.459 e. The molecule has 0 spiro atoms. The van der Waals surface area contributed by atoms with Gasteiger partial charge in [0.1, 0.15) is 11.6 Å². The van der Waals surface area contributed by atoms with Crippen molar-refractivity contribution < 1.29 is 19.1 Å². The third-order valence-electron chi connectivity index (χ3n) is 4.55. The first-order chi connectivity index (χ1) is 14.0. The van der Waals surface area contributed by atoms with E-state index in [9.17, 15) is 14.4 Å². The van der Waals surface area contributed by atoms with Crippen molar-refractivity contribution >= 4 is 40.5 Å². The predicted octanol–water partition coefficient (Wildman–Crippen LogP) is 4.30. The van der Waals surface area contributed by atoms with Gasteiger partial charge in [0.25, 0.3) is 11.8 Å². The molecule has 1 aromatic carbocycles. The third kappa shape index (κ3) is 4.13. The Morgan fingerprint density at radius 1 is 1.14 bits per heavy atom. The van der Waals surface area contributed by atoms with Gasteiger partial charge in [-0.3, -0.25) is 19.3 Å². The number of aromatic nitrogens is 1. The summed E-state index contributed by atoms with van der Waals surface area (Å²) in [5.41, 5.74) is 2.50. The zero-order chi connectivity index (χ0) is 20.4. The highest BCUT2D eigenvalue weighted by atomic mass is 32.1. The van der Waals surface area contributed by atoms with Gasteiger partial charge in [0.15, 0.2) is 0 Å². The number of aryl methyl sites for hydroxylation is 1. The lowest BCUT2D eigenvalue weighted by Gasteiger charge is -2.13. The second-order valence-corrected chi connectivity index (χ2v) is 8.50. The molecule has 0 unspecified atom stereocenters. The lowest BCUT2D eigenvalue weighted by atomic mass is 10.1. The largest absolute Gasteiger partial charge is 0.459 e. The van der Waals surface area contributed by atoms with Crippen molar-refractivity contribution in [1.82, 2.24) is 9.88 Å². The zero-order valence-electron chi connectivity index (χ0n) is 15.7. The number of imide groups is 1. The number of nitrogens with zero attached hydrogens (tertiary/aromatic N) is 2. The standard InChI is InChI=1S/C21H18N2O4S2/c1-13-6-7-15-16(10-13)21(26)23(20(15)25)8-2-5-18(24)27-11-14-12-29-19(22-14)17-4-3-9-28-17/h3-4,6-7,9-10,12H,2,5,8,11H2,1H3. The highest BCUT2D eigenvalue weighted by Crippen LogP contribution is 2.28. The number of fused-ring (bicyclic) bond motifs is 1. The van der Waals surface area contributed by atoms with Crippen LogP contribution in [0, 0.1) is 6.92 Å². The molecule has 0 saturated carbocycles. The van der Waals surface area contributed by atoms with E-state index in [-0.39, 0.29) is 37.4 Å². The molecule has 0 atom stereocenters. The lowest BCUT2D eigenvalue weighted by molar-refractivity contribution is -0.145. The summed E-state index contributed by atoms with van der Waals surface area (Å²) in [6, 6.07) is 9.18. The lowest BCUT2D eigenvalue weighted by Crippen LogP contribution is -2.31. The van der Waals surface area contributed by atoms with Crippen LogP contribution in [-0.4, -0.2) is 34.2 Å². The molecule has 2 amide bonds. The van der Waals surface area contributed by atoms with E-state index in [0.29, 0.717) is 23.2 Å². The van der Waals surface area contributed by atoms with Gasteiger partial charge in [0.05, 0.1) is 21.7 Å². The Morgan fingerprint density at radius 2 is 1.97 bits per heavy atom. The van der Waals surface area contributed by atoms with Crippen LogP contribution in [0.4, 0.5) is 0 Å². The molecule has 6 nitrogen and oxygen atoms in total. The number of thiophene rings is 1. The van der Waals surface area contributed by atoms with Gasteiger partial charge in [-0.1, -0.05) is 17.7 Å². The highest BCUT2D eigenvalue weighted by molar-refractivity contribution is 7.20. The van der Waals surface area contributed by atoms with Gasteiger partial charge in [0, 0.05) is 18.3 Å². The molecule has 0 saturated heterocycles. The number of hydrogen-bond donors (Lipinski definition) is 0. The van der Waals surface area contributed by atoms with Crippen molar-refractivity contribution in [2.75, 3.05) is 6.54 Å². The van der Waals surface area contributed by atoms with Gasteiger partial charge >= 0.3 is 5.97 Å². The van der Waals surface area contributed by atoms with Gasteiger partial charge in [-0.25, -0.2) is 4.98 Å². The smallest absolute Gasteiger partial charge is 0.306 e. The number of carbonyl (C=O) groups excluding carboxylic acids is 3. The number of carbonyl (C=O) groups is 3. The first kappa shape index (κ1) is 19.5. The van der Waals surface area contributed by atoms with Crippen LogP contribution in [0.1, 0.15) is 44.8 Å². The molecule has 0 N–H and O–H groups in total. The van der Waals surface area contributed by atoms with E-state index >= 15 is 0 Å². The van der Waals surface area contributed by atoms with Crippen LogP contribution >= 0.6 is 22.7 Å². The molecule has 4 rings (SSSR count). The van der Waals surface area contributed by atoms with Crippen molar-refractivity contribution in [3.8, 4) is 9.88 Å². The molecular weight excluding hydrogens is 408 g/mol. The first-order valence-electron chi connectivity index (χ1n) is 9.13. The fourth-order valence-corrected chi connectivity index (χ4v) is 4.72. The summed E-state index contributed by atoms with van der Waals surface area (Å²) in [7, 11) is 0. The van der Waals surface area contributed by atoms with E-state index in [1.165, 1.54) is 16.2 Å². The molecule has 0 radical (unpaired) electrons. The summed E-state index contributed by atoms with van der Waals surface area (Å²) < 4.78 is 5.27. The maximum absolute atomic E-state index is 12.4. The van der Waals surface area contributed by atoms with Gasteiger partial charge in [0.2, 0.25) is 0 Å². The summed E-state index contributed by atoms with van der Waals surface area (Å²) in [6.07, 6.45) is 0.495. The Balaban J connectivity index is 1.25. The van der Waals surface area contributed by atoms with E-state index in [0.717, 1.165) is 15.4 Å². The first-order valence-corrected chi connectivity index (χ1v) is 10.9. The van der Waals surface area contributed by atoms with E-state index in [2.05, 4.69) is 4.98 Å². The fraction of sp³-hybridized carbons (Fsp3) is 0.238. The van der Waals surface area contributed by atoms with E-state index in [4.69, 9.17) is 4.74 Å². The summed E-state index contributed by atoms with van der Waals surface area (Å²) in [6.45, 7) is 2.19. The third-order valence-corrected chi connectivity index (χ3v) is 6.48. The molecule has 3 heterocycles. The average molecular weight is 427 g/mol. The van der Waals surface area contributed by atoms with Crippen molar-refractivity contribution in [2.24, 2.45) is 0 Å². The normalized spacial score (nSPS) is 13.1. The summed E-state index contributed by atoms with van der Waals surface area (Å²) in [4.78, 5) is 43.6. The summed E-state index contributed by atoms with van der Waals surface area (Å²) in [5, 5.41) is 4.78. The highest BCUT2D eigenvalue weighted by Gasteiger charge is 2.35.